The van der Waals surface area contributed by atoms with Crippen molar-refractivity contribution in [1.29, 1.82) is 0 Å². The van der Waals surface area contributed by atoms with Gasteiger partial charge in [-0.1, -0.05) is 6.92 Å². The molecule has 0 heterocycles. The average molecular weight is 137 g/mol. The van der Waals surface area contributed by atoms with Gasteiger partial charge in [-0.2, -0.15) is 12.6 Å². The first kappa shape index (κ1) is 8.23. The van der Waals surface area contributed by atoms with Crippen LogP contribution in [0, 0.1) is 0 Å². The first-order valence-electron chi connectivity index (χ1n) is 2.38. The Kier molecular flexibility index (Phi) is 4.26. The standard InChI is InChI=1S/C4H11NO2S/c1-3(8)4(5)2-7-6/h3-4,6,8H,2,5H2,1H3/t3?,4-/m0/s1. The molecule has 0 aromatic heterocycles. The van der Waals surface area contributed by atoms with E-state index in [1.807, 2.05) is 6.92 Å². The molecule has 0 radical (unpaired) electrons. The average Bonchev–Trinajstić information content (AvgIpc) is 1.67. The monoisotopic (exact) mass is 137 g/mol. The molecule has 3 nitrogen and oxygen atoms in total. The van der Waals surface area contributed by atoms with Crippen molar-refractivity contribution < 1.29 is 10.1 Å². The summed E-state index contributed by atoms with van der Waals surface area (Å²) < 4.78 is 0. The van der Waals surface area contributed by atoms with Crippen LogP contribution in [0.15, 0.2) is 0 Å². The lowest BCUT2D eigenvalue weighted by Gasteiger charge is -2.10. The fourth-order valence-corrected chi connectivity index (χ4v) is 0.311. The normalized spacial score (nSPS) is 18.0. The van der Waals surface area contributed by atoms with E-state index in [4.69, 9.17) is 11.0 Å². The molecule has 0 spiro atoms. The van der Waals surface area contributed by atoms with Crippen molar-refractivity contribution in [1.82, 2.24) is 0 Å². The highest BCUT2D eigenvalue weighted by Gasteiger charge is 2.06. The molecule has 0 aromatic rings. The molecule has 0 saturated heterocycles. The van der Waals surface area contributed by atoms with Crippen LogP contribution in [0.1, 0.15) is 6.92 Å². The number of thiol groups is 1. The van der Waals surface area contributed by atoms with Gasteiger partial charge in [0.2, 0.25) is 0 Å². The maximum atomic E-state index is 7.87. The molecule has 0 saturated carbocycles. The molecule has 2 atom stereocenters. The van der Waals surface area contributed by atoms with Crippen LogP contribution in [0.4, 0.5) is 0 Å². The van der Waals surface area contributed by atoms with Gasteiger partial charge in [0, 0.05) is 11.3 Å². The van der Waals surface area contributed by atoms with Crippen molar-refractivity contribution in [2.45, 2.75) is 18.2 Å². The highest BCUT2D eigenvalue weighted by Crippen LogP contribution is 1.96. The van der Waals surface area contributed by atoms with Gasteiger partial charge in [-0.3, -0.25) is 5.26 Å². The Labute approximate surface area is 54.2 Å². The highest BCUT2D eigenvalue weighted by atomic mass is 32.1. The molecule has 50 valence electrons. The van der Waals surface area contributed by atoms with Gasteiger partial charge in [-0.05, 0) is 0 Å². The van der Waals surface area contributed by atoms with E-state index in [2.05, 4.69) is 17.5 Å². The van der Waals surface area contributed by atoms with E-state index < -0.39 is 0 Å². The Hall–Kier alpha value is 0.230. The third kappa shape index (κ3) is 3.26. The molecule has 3 N–H and O–H groups in total. The van der Waals surface area contributed by atoms with Gasteiger partial charge in [0.25, 0.3) is 0 Å². The fraction of sp³-hybridized carbons (Fsp3) is 1.00. The molecule has 0 aliphatic heterocycles. The second-order valence-electron chi connectivity index (χ2n) is 1.70. The Morgan fingerprint density at radius 3 is 2.50 bits per heavy atom. The molecule has 0 aromatic carbocycles. The molecular formula is C4H11NO2S. The molecule has 1 unspecified atom stereocenters. The minimum Gasteiger partial charge on any atom is -0.325 e. The lowest BCUT2D eigenvalue weighted by Crippen LogP contribution is -2.33. The van der Waals surface area contributed by atoms with Crippen LogP contribution in [-0.4, -0.2) is 23.2 Å². The third-order valence-electron chi connectivity index (χ3n) is 0.887. The summed E-state index contributed by atoms with van der Waals surface area (Å²) in [6, 6.07) is -0.191. The van der Waals surface area contributed by atoms with Gasteiger partial charge in [0.05, 0.1) is 6.61 Å². The van der Waals surface area contributed by atoms with Crippen LogP contribution in [0.3, 0.4) is 0 Å². The van der Waals surface area contributed by atoms with Crippen molar-refractivity contribution in [3.8, 4) is 0 Å². The second kappa shape index (κ2) is 4.14. The largest absolute Gasteiger partial charge is 0.325 e. The van der Waals surface area contributed by atoms with Crippen LogP contribution in [0.2, 0.25) is 0 Å². The zero-order chi connectivity index (χ0) is 6.57. The number of nitrogens with two attached hydrogens (primary N) is 1. The van der Waals surface area contributed by atoms with E-state index in [1.165, 1.54) is 0 Å². The number of hydrogen-bond acceptors (Lipinski definition) is 4. The summed E-state index contributed by atoms with van der Waals surface area (Å²) in [5.74, 6) is 0. The lowest BCUT2D eigenvalue weighted by molar-refractivity contribution is -0.244. The van der Waals surface area contributed by atoms with Crippen molar-refractivity contribution in [3.63, 3.8) is 0 Å². The molecule has 0 fully saturated rings. The van der Waals surface area contributed by atoms with E-state index >= 15 is 0 Å². The second-order valence-corrected chi connectivity index (χ2v) is 2.51. The summed E-state index contributed by atoms with van der Waals surface area (Å²) in [5, 5.41) is 7.93. The van der Waals surface area contributed by atoms with Crippen molar-refractivity contribution in [2.75, 3.05) is 6.61 Å². The summed E-state index contributed by atoms with van der Waals surface area (Å²) in [4.78, 5) is 3.79. The van der Waals surface area contributed by atoms with Gasteiger partial charge in [0.15, 0.2) is 0 Å². The Morgan fingerprint density at radius 2 is 2.38 bits per heavy atom. The lowest BCUT2D eigenvalue weighted by atomic mass is 10.2. The van der Waals surface area contributed by atoms with Crippen molar-refractivity contribution >= 4 is 12.6 Å². The van der Waals surface area contributed by atoms with E-state index in [0.717, 1.165) is 0 Å². The molecule has 8 heavy (non-hydrogen) atoms. The zero-order valence-electron chi connectivity index (χ0n) is 4.74. The predicted octanol–water partition coefficient (Wildman–Crippen LogP) is 0.122. The molecule has 0 bridgehead atoms. The topological polar surface area (TPSA) is 55.5 Å². The molecular weight excluding hydrogens is 126 g/mol. The van der Waals surface area contributed by atoms with Crippen LogP contribution >= 0.6 is 12.6 Å². The molecule has 4 heteroatoms. The first-order chi connectivity index (χ1) is 3.68. The van der Waals surface area contributed by atoms with E-state index in [0.29, 0.717) is 0 Å². The maximum absolute atomic E-state index is 7.87. The molecule has 0 amide bonds. The van der Waals surface area contributed by atoms with E-state index in [9.17, 15) is 0 Å². The minimum absolute atomic E-state index is 0.0575. The van der Waals surface area contributed by atoms with E-state index in [1.54, 1.807) is 0 Å². The Bertz CT molecular complexity index is 60.0. The Balaban J connectivity index is 3.17. The quantitative estimate of drug-likeness (QED) is 0.294. The van der Waals surface area contributed by atoms with Gasteiger partial charge in [0.1, 0.15) is 0 Å². The van der Waals surface area contributed by atoms with Crippen LogP contribution in [0.5, 0.6) is 0 Å². The van der Waals surface area contributed by atoms with Gasteiger partial charge in [-0.15, -0.1) is 0 Å². The van der Waals surface area contributed by atoms with Gasteiger partial charge in [-0.25, -0.2) is 4.89 Å². The van der Waals surface area contributed by atoms with Gasteiger partial charge < -0.3 is 5.73 Å². The minimum atomic E-state index is -0.191. The zero-order valence-corrected chi connectivity index (χ0v) is 5.64. The smallest absolute Gasteiger partial charge is 0.0981 e. The van der Waals surface area contributed by atoms with Crippen molar-refractivity contribution in [3.05, 3.63) is 0 Å². The summed E-state index contributed by atoms with van der Waals surface area (Å²) in [6.45, 7) is 1.98. The summed E-state index contributed by atoms with van der Waals surface area (Å²) in [6.07, 6.45) is 0. The summed E-state index contributed by atoms with van der Waals surface area (Å²) in [7, 11) is 0. The highest BCUT2D eigenvalue weighted by molar-refractivity contribution is 7.81. The van der Waals surface area contributed by atoms with Gasteiger partial charge >= 0.3 is 0 Å². The van der Waals surface area contributed by atoms with E-state index in [-0.39, 0.29) is 17.9 Å². The number of rotatable bonds is 3. The first-order valence-corrected chi connectivity index (χ1v) is 2.90. The maximum Gasteiger partial charge on any atom is 0.0981 e. The predicted molar refractivity (Wildman–Crippen MR) is 35.0 cm³/mol. The van der Waals surface area contributed by atoms with Crippen LogP contribution in [0.25, 0.3) is 0 Å². The summed E-state index contributed by atoms with van der Waals surface area (Å²) in [5.41, 5.74) is 5.37. The van der Waals surface area contributed by atoms with Crippen molar-refractivity contribution in [2.24, 2.45) is 5.73 Å². The fourth-order valence-electron chi connectivity index (χ4n) is 0.225. The molecule has 0 aliphatic carbocycles. The van der Waals surface area contributed by atoms with Crippen LogP contribution in [-0.2, 0) is 4.89 Å². The molecule has 0 aliphatic rings. The summed E-state index contributed by atoms with van der Waals surface area (Å²) >= 11 is 4.01. The Morgan fingerprint density at radius 1 is 1.88 bits per heavy atom. The number of hydrogen-bond donors (Lipinski definition) is 3. The SMILES string of the molecule is CC(S)[C@@H](N)COO. The van der Waals surface area contributed by atoms with Crippen LogP contribution < -0.4 is 5.73 Å². The molecule has 0 rings (SSSR count). The third-order valence-corrected chi connectivity index (χ3v) is 1.27.